The van der Waals surface area contributed by atoms with Crippen molar-refractivity contribution in [3.05, 3.63) is 29.6 Å². The third kappa shape index (κ3) is 1.46. The van der Waals surface area contributed by atoms with Crippen LogP contribution in [0.1, 0.15) is 5.56 Å². The maximum Gasteiger partial charge on any atom is 0.164 e. The summed E-state index contributed by atoms with van der Waals surface area (Å²) in [6.07, 6.45) is 0. The van der Waals surface area contributed by atoms with E-state index in [1.807, 2.05) is 0 Å². The molecule has 0 heterocycles. The van der Waals surface area contributed by atoms with Gasteiger partial charge in [0.25, 0.3) is 0 Å². The first kappa shape index (κ1) is 7.53. The van der Waals surface area contributed by atoms with Gasteiger partial charge in [0.05, 0.1) is 0 Å². The quantitative estimate of drug-likeness (QED) is 0.414. The summed E-state index contributed by atoms with van der Waals surface area (Å²) < 4.78 is 12.4. The van der Waals surface area contributed by atoms with Gasteiger partial charge in [0.15, 0.2) is 11.6 Å². The van der Waals surface area contributed by atoms with Crippen LogP contribution >= 0.6 is 0 Å². The molecule has 1 aromatic carbocycles. The van der Waals surface area contributed by atoms with Gasteiger partial charge in [0, 0.05) is 5.56 Å². The molecular weight excluding hydrogens is 147 g/mol. The fourth-order valence-electron chi connectivity index (χ4n) is 0.680. The minimum Gasteiger partial charge on any atom is -0.505 e. The summed E-state index contributed by atoms with van der Waals surface area (Å²) in [5, 5.41) is 15.8. The maximum absolute atomic E-state index is 12.4. The third-order valence-corrected chi connectivity index (χ3v) is 1.26. The van der Waals surface area contributed by atoms with E-state index in [0.717, 1.165) is 12.1 Å². The van der Waals surface area contributed by atoms with Gasteiger partial charge in [-0.05, 0) is 18.2 Å². The molecule has 0 bridgehead atoms. The Morgan fingerprint density at radius 3 is 2.64 bits per heavy atom. The van der Waals surface area contributed by atoms with Gasteiger partial charge in [0.1, 0.15) is 5.84 Å². The summed E-state index contributed by atoms with van der Waals surface area (Å²) in [5.74, 6) is -1.40. The van der Waals surface area contributed by atoms with Gasteiger partial charge >= 0.3 is 0 Å². The van der Waals surface area contributed by atoms with Crippen molar-refractivity contribution in [2.45, 2.75) is 0 Å². The second-order valence-corrected chi connectivity index (χ2v) is 2.08. The molecule has 0 aromatic heterocycles. The van der Waals surface area contributed by atoms with Crippen LogP contribution < -0.4 is 5.73 Å². The molecule has 0 aliphatic rings. The number of nitrogen functional groups attached to an aromatic ring is 1. The van der Waals surface area contributed by atoms with Gasteiger partial charge in [-0.15, -0.1) is 0 Å². The number of halogens is 1. The van der Waals surface area contributed by atoms with Crippen molar-refractivity contribution < 1.29 is 9.50 Å². The molecule has 0 radical (unpaired) electrons. The molecule has 0 saturated heterocycles. The summed E-state index contributed by atoms with van der Waals surface area (Å²) in [4.78, 5) is 0. The second-order valence-electron chi connectivity index (χ2n) is 2.08. The van der Waals surface area contributed by atoms with E-state index < -0.39 is 11.6 Å². The lowest BCUT2D eigenvalue weighted by Crippen LogP contribution is -2.10. The van der Waals surface area contributed by atoms with Crippen LogP contribution in [0.2, 0.25) is 0 Å². The lowest BCUT2D eigenvalue weighted by molar-refractivity contribution is 0.432. The average Bonchev–Trinajstić information content (AvgIpc) is 1.94. The average molecular weight is 154 g/mol. The first-order valence-corrected chi connectivity index (χ1v) is 2.94. The van der Waals surface area contributed by atoms with Crippen molar-refractivity contribution in [2.75, 3.05) is 0 Å². The van der Waals surface area contributed by atoms with Crippen molar-refractivity contribution in [1.82, 2.24) is 0 Å². The lowest BCUT2D eigenvalue weighted by atomic mass is 10.2. The van der Waals surface area contributed by atoms with Gasteiger partial charge in [-0.3, -0.25) is 5.41 Å². The Morgan fingerprint density at radius 2 is 2.18 bits per heavy atom. The number of rotatable bonds is 1. The highest BCUT2D eigenvalue weighted by atomic mass is 19.1. The zero-order valence-electron chi connectivity index (χ0n) is 5.63. The van der Waals surface area contributed by atoms with Crippen LogP contribution in [0.5, 0.6) is 5.75 Å². The summed E-state index contributed by atoms with van der Waals surface area (Å²) in [5.41, 5.74) is 5.39. The lowest BCUT2D eigenvalue weighted by Gasteiger charge is -1.98. The van der Waals surface area contributed by atoms with Crippen molar-refractivity contribution in [2.24, 2.45) is 5.73 Å². The van der Waals surface area contributed by atoms with Crippen molar-refractivity contribution in [1.29, 1.82) is 5.41 Å². The standard InChI is InChI=1S/C7H7FN2O/c8-5-2-1-4(7(9)10)3-6(5)11/h1-3,11H,(H3,9,10). The first-order chi connectivity index (χ1) is 5.11. The van der Waals surface area contributed by atoms with E-state index in [2.05, 4.69) is 0 Å². The number of hydrogen-bond donors (Lipinski definition) is 3. The molecule has 0 aliphatic carbocycles. The van der Waals surface area contributed by atoms with Gasteiger partial charge in [-0.2, -0.15) is 0 Å². The predicted octanol–water partition coefficient (Wildman–Crippen LogP) is 0.815. The third-order valence-electron chi connectivity index (χ3n) is 1.26. The maximum atomic E-state index is 12.4. The van der Waals surface area contributed by atoms with Gasteiger partial charge in [0.2, 0.25) is 0 Å². The molecule has 1 aromatic rings. The molecule has 11 heavy (non-hydrogen) atoms. The fourth-order valence-corrected chi connectivity index (χ4v) is 0.680. The molecular formula is C7H7FN2O. The minimum absolute atomic E-state index is 0.194. The Hall–Kier alpha value is -1.58. The van der Waals surface area contributed by atoms with Crippen molar-refractivity contribution in [3.63, 3.8) is 0 Å². The molecule has 4 heteroatoms. The van der Waals surface area contributed by atoms with E-state index in [-0.39, 0.29) is 5.84 Å². The Bertz CT molecular complexity index is 298. The van der Waals surface area contributed by atoms with Gasteiger partial charge in [-0.1, -0.05) is 0 Å². The molecule has 0 amide bonds. The second kappa shape index (κ2) is 2.57. The van der Waals surface area contributed by atoms with Crippen LogP contribution in [0.3, 0.4) is 0 Å². The van der Waals surface area contributed by atoms with E-state index in [1.54, 1.807) is 0 Å². The predicted molar refractivity (Wildman–Crippen MR) is 39.1 cm³/mol. The fraction of sp³-hybridized carbons (Fsp3) is 0. The van der Waals surface area contributed by atoms with Crippen LogP contribution in [-0.4, -0.2) is 10.9 Å². The summed E-state index contributed by atoms with van der Waals surface area (Å²) in [7, 11) is 0. The number of phenols is 1. The van der Waals surface area contributed by atoms with E-state index in [9.17, 15) is 4.39 Å². The van der Waals surface area contributed by atoms with Gasteiger partial charge < -0.3 is 10.8 Å². The summed E-state index contributed by atoms with van der Waals surface area (Å²) in [6, 6.07) is 3.50. The molecule has 0 unspecified atom stereocenters. The smallest absolute Gasteiger partial charge is 0.164 e. The number of amidine groups is 1. The molecule has 4 N–H and O–H groups in total. The Kier molecular flexibility index (Phi) is 1.76. The largest absolute Gasteiger partial charge is 0.505 e. The number of aromatic hydroxyl groups is 1. The zero-order chi connectivity index (χ0) is 8.43. The SMILES string of the molecule is N=C(N)c1ccc(F)c(O)c1. The van der Waals surface area contributed by atoms with Crippen molar-refractivity contribution in [3.8, 4) is 5.75 Å². The number of nitrogens with two attached hydrogens (primary N) is 1. The van der Waals surface area contributed by atoms with Crippen molar-refractivity contribution >= 4 is 5.84 Å². The molecule has 58 valence electrons. The van der Waals surface area contributed by atoms with E-state index in [4.69, 9.17) is 16.2 Å². The number of hydrogen-bond acceptors (Lipinski definition) is 2. The molecule has 0 fully saturated rings. The summed E-state index contributed by atoms with van der Waals surface area (Å²) >= 11 is 0. The molecule has 1 rings (SSSR count). The Balaban J connectivity index is 3.15. The molecule has 0 atom stereocenters. The molecule has 0 spiro atoms. The Morgan fingerprint density at radius 1 is 1.55 bits per heavy atom. The molecule has 0 saturated carbocycles. The highest BCUT2D eigenvalue weighted by Gasteiger charge is 2.02. The van der Waals surface area contributed by atoms with Crippen LogP contribution in [0.25, 0.3) is 0 Å². The zero-order valence-corrected chi connectivity index (χ0v) is 5.63. The number of benzene rings is 1. The number of nitrogens with one attached hydrogen (secondary N) is 1. The van der Waals surface area contributed by atoms with Crippen LogP contribution in [0, 0.1) is 11.2 Å². The summed E-state index contributed by atoms with van der Waals surface area (Å²) in [6.45, 7) is 0. The van der Waals surface area contributed by atoms with Crippen LogP contribution in [-0.2, 0) is 0 Å². The molecule has 0 aliphatic heterocycles. The monoisotopic (exact) mass is 154 g/mol. The normalized spacial score (nSPS) is 9.55. The van der Waals surface area contributed by atoms with E-state index >= 15 is 0 Å². The van der Waals surface area contributed by atoms with Crippen LogP contribution in [0.4, 0.5) is 4.39 Å². The highest BCUT2D eigenvalue weighted by molar-refractivity contribution is 5.95. The van der Waals surface area contributed by atoms with E-state index in [0.29, 0.717) is 5.56 Å². The van der Waals surface area contributed by atoms with E-state index in [1.165, 1.54) is 6.07 Å². The molecule has 3 nitrogen and oxygen atoms in total. The number of phenolic OH excluding ortho intramolecular Hbond substituents is 1. The van der Waals surface area contributed by atoms with Crippen LogP contribution in [0.15, 0.2) is 18.2 Å². The Labute approximate surface area is 62.8 Å². The minimum atomic E-state index is -0.713. The topological polar surface area (TPSA) is 70.1 Å². The first-order valence-electron chi connectivity index (χ1n) is 2.94. The highest BCUT2D eigenvalue weighted by Crippen LogP contribution is 2.15. The van der Waals surface area contributed by atoms with Gasteiger partial charge in [-0.25, -0.2) is 4.39 Å².